The molecular formula is C14H14N4O5S. The van der Waals surface area contributed by atoms with Crippen molar-refractivity contribution in [3.63, 3.8) is 0 Å². The van der Waals surface area contributed by atoms with Gasteiger partial charge in [0.15, 0.2) is 5.65 Å². The number of nitrogens with one attached hydrogen (secondary N) is 1. The Labute approximate surface area is 136 Å². The standard InChI is InChI=1S/C14H14N4O5S/c1-17-12-11(13(19)18(2)14(17)20)15-10(16-12)7-8-3-5-9(6-4-8)24(21,22)23/h3-6H,7H2,1-2H3,(H,15,16)(H,21,22,23). The molecule has 0 atom stereocenters. The molecule has 9 nitrogen and oxygen atoms in total. The number of benzene rings is 1. The van der Waals surface area contributed by atoms with E-state index in [0.717, 1.165) is 10.1 Å². The van der Waals surface area contributed by atoms with Gasteiger partial charge in [0.1, 0.15) is 11.3 Å². The molecule has 0 amide bonds. The van der Waals surface area contributed by atoms with E-state index < -0.39 is 21.4 Å². The van der Waals surface area contributed by atoms with Gasteiger partial charge in [-0.15, -0.1) is 0 Å². The maximum Gasteiger partial charge on any atom is 0.332 e. The van der Waals surface area contributed by atoms with Gasteiger partial charge in [0.25, 0.3) is 15.7 Å². The van der Waals surface area contributed by atoms with Crippen molar-refractivity contribution in [3.05, 3.63) is 56.5 Å². The van der Waals surface area contributed by atoms with Crippen molar-refractivity contribution < 1.29 is 13.0 Å². The summed E-state index contributed by atoms with van der Waals surface area (Å²) in [5, 5.41) is 0. The SMILES string of the molecule is Cn1c(=O)c2[nH]c(Cc3ccc(S(=O)(=O)O)cc3)nc2n(C)c1=O. The summed E-state index contributed by atoms with van der Waals surface area (Å²) in [6.45, 7) is 0. The second kappa shape index (κ2) is 5.42. The molecule has 10 heteroatoms. The minimum absolute atomic E-state index is 0.202. The van der Waals surface area contributed by atoms with Crippen molar-refractivity contribution >= 4 is 21.3 Å². The number of aromatic nitrogens is 4. The number of fused-ring (bicyclic) bond motifs is 1. The molecule has 126 valence electrons. The van der Waals surface area contributed by atoms with Crippen LogP contribution in [0.4, 0.5) is 0 Å². The fourth-order valence-corrected chi connectivity index (χ4v) is 2.91. The molecule has 0 spiro atoms. The third-order valence-electron chi connectivity index (χ3n) is 3.74. The van der Waals surface area contributed by atoms with Gasteiger partial charge >= 0.3 is 5.69 Å². The molecule has 3 aromatic rings. The molecule has 0 aliphatic heterocycles. The first-order valence-corrected chi connectivity index (χ1v) is 8.33. The number of nitrogens with zero attached hydrogens (tertiary/aromatic N) is 3. The molecule has 24 heavy (non-hydrogen) atoms. The van der Waals surface area contributed by atoms with Crippen molar-refractivity contribution in [2.75, 3.05) is 0 Å². The zero-order valence-electron chi connectivity index (χ0n) is 12.8. The Morgan fingerprint density at radius 2 is 1.75 bits per heavy atom. The van der Waals surface area contributed by atoms with E-state index in [1.165, 1.54) is 42.9 Å². The molecule has 2 N–H and O–H groups in total. The van der Waals surface area contributed by atoms with Gasteiger partial charge in [-0.3, -0.25) is 18.5 Å². The van der Waals surface area contributed by atoms with E-state index in [0.29, 0.717) is 12.2 Å². The second-order valence-electron chi connectivity index (χ2n) is 5.38. The average molecular weight is 350 g/mol. The molecule has 2 heterocycles. The Balaban J connectivity index is 2.03. The highest BCUT2D eigenvalue weighted by Crippen LogP contribution is 2.13. The Kier molecular flexibility index (Phi) is 3.65. The number of aryl methyl sites for hydroxylation is 1. The first kappa shape index (κ1) is 16.1. The van der Waals surface area contributed by atoms with Crippen LogP contribution in [0.15, 0.2) is 38.8 Å². The topological polar surface area (TPSA) is 127 Å². The van der Waals surface area contributed by atoms with Crippen LogP contribution in [0.2, 0.25) is 0 Å². The first-order valence-electron chi connectivity index (χ1n) is 6.89. The Hall–Kier alpha value is -2.72. The van der Waals surface area contributed by atoms with Crippen LogP contribution >= 0.6 is 0 Å². The van der Waals surface area contributed by atoms with Crippen LogP contribution in [0, 0.1) is 0 Å². The lowest BCUT2D eigenvalue weighted by Gasteiger charge is -2.00. The summed E-state index contributed by atoms with van der Waals surface area (Å²) in [5.41, 5.74) is 0.275. The molecule has 0 bridgehead atoms. The molecule has 0 radical (unpaired) electrons. The summed E-state index contributed by atoms with van der Waals surface area (Å²) in [5.74, 6) is 0.461. The van der Waals surface area contributed by atoms with Crippen molar-refractivity contribution in [1.82, 2.24) is 19.1 Å². The predicted octanol–water partition coefficient (Wildman–Crippen LogP) is -0.202. The lowest BCUT2D eigenvalue weighted by molar-refractivity contribution is 0.483. The Morgan fingerprint density at radius 3 is 2.33 bits per heavy atom. The van der Waals surface area contributed by atoms with Gasteiger partial charge in [-0.1, -0.05) is 12.1 Å². The van der Waals surface area contributed by atoms with Crippen LogP contribution in [-0.2, 0) is 30.6 Å². The first-order chi connectivity index (χ1) is 11.2. The van der Waals surface area contributed by atoms with Crippen molar-refractivity contribution in [1.29, 1.82) is 0 Å². The highest BCUT2D eigenvalue weighted by Gasteiger charge is 2.14. The van der Waals surface area contributed by atoms with E-state index in [9.17, 15) is 18.0 Å². The van der Waals surface area contributed by atoms with Crippen LogP contribution < -0.4 is 11.2 Å². The van der Waals surface area contributed by atoms with Crippen LogP contribution in [0.5, 0.6) is 0 Å². The quantitative estimate of drug-likeness (QED) is 0.630. The zero-order valence-corrected chi connectivity index (χ0v) is 13.7. The van der Waals surface area contributed by atoms with E-state index >= 15 is 0 Å². The zero-order chi connectivity index (χ0) is 17.6. The van der Waals surface area contributed by atoms with Crippen LogP contribution in [0.25, 0.3) is 11.2 Å². The summed E-state index contributed by atoms with van der Waals surface area (Å²) in [6, 6.07) is 5.63. The molecule has 3 rings (SSSR count). The molecule has 2 aromatic heterocycles. The number of hydrogen-bond acceptors (Lipinski definition) is 5. The van der Waals surface area contributed by atoms with Gasteiger partial charge in [-0.05, 0) is 17.7 Å². The highest BCUT2D eigenvalue weighted by atomic mass is 32.2. The fourth-order valence-electron chi connectivity index (χ4n) is 2.43. The van der Waals surface area contributed by atoms with E-state index in [1.54, 1.807) is 0 Å². The smallest absolute Gasteiger partial charge is 0.332 e. The summed E-state index contributed by atoms with van der Waals surface area (Å²) in [6.07, 6.45) is 0.303. The monoisotopic (exact) mass is 350 g/mol. The Morgan fingerprint density at radius 1 is 1.12 bits per heavy atom. The summed E-state index contributed by atoms with van der Waals surface area (Å²) >= 11 is 0. The van der Waals surface area contributed by atoms with Crippen LogP contribution in [0.1, 0.15) is 11.4 Å². The second-order valence-corrected chi connectivity index (χ2v) is 6.81. The van der Waals surface area contributed by atoms with Crippen molar-refractivity contribution in [3.8, 4) is 0 Å². The number of H-pyrrole nitrogens is 1. The summed E-state index contributed by atoms with van der Waals surface area (Å²) < 4.78 is 33.3. The molecule has 0 aliphatic carbocycles. The molecule has 1 aromatic carbocycles. The molecular weight excluding hydrogens is 336 g/mol. The third-order valence-corrected chi connectivity index (χ3v) is 4.60. The largest absolute Gasteiger partial charge is 0.336 e. The van der Waals surface area contributed by atoms with Crippen molar-refractivity contribution in [2.45, 2.75) is 11.3 Å². The lowest BCUT2D eigenvalue weighted by atomic mass is 10.1. The minimum Gasteiger partial charge on any atom is -0.336 e. The maximum absolute atomic E-state index is 12.1. The van der Waals surface area contributed by atoms with Gasteiger partial charge in [-0.2, -0.15) is 8.42 Å². The molecule has 0 saturated carbocycles. The van der Waals surface area contributed by atoms with E-state index in [-0.39, 0.29) is 16.1 Å². The number of hydrogen-bond donors (Lipinski definition) is 2. The van der Waals surface area contributed by atoms with Crippen LogP contribution in [-0.4, -0.2) is 32.1 Å². The van der Waals surface area contributed by atoms with E-state index in [1.807, 2.05) is 0 Å². The van der Waals surface area contributed by atoms with Gasteiger partial charge in [0, 0.05) is 20.5 Å². The predicted molar refractivity (Wildman–Crippen MR) is 85.6 cm³/mol. The number of imidazole rings is 1. The third kappa shape index (κ3) is 2.65. The summed E-state index contributed by atoms with van der Waals surface area (Å²) in [4.78, 5) is 31.0. The number of aromatic amines is 1. The summed E-state index contributed by atoms with van der Waals surface area (Å²) in [7, 11) is -1.33. The normalized spacial score (nSPS) is 12.0. The van der Waals surface area contributed by atoms with Gasteiger partial charge in [0.05, 0.1) is 4.90 Å². The minimum atomic E-state index is -4.24. The average Bonchev–Trinajstić information content (AvgIpc) is 2.94. The van der Waals surface area contributed by atoms with E-state index in [2.05, 4.69) is 9.97 Å². The molecule has 0 fully saturated rings. The Bertz CT molecular complexity index is 1150. The maximum atomic E-state index is 12.1. The van der Waals surface area contributed by atoms with Gasteiger partial charge in [0.2, 0.25) is 0 Å². The van der Waals surface area contributed by atoms with Crippen LogP contribution in [0.3, 0.4) is 0 Å². The van der Waals surface area contributed by atoms with E-state index in [4.69, 9.17) is 4.55 Å². The van der Waals surface area contributed by atoms with Gasteiger partial charge in [-0.25, -0.2) is 9.78 Å². The highest BCUT2D eigenvalue weighted by molar-refractivity contribution is 7.85. The number of rotatable bonds is 3. The van der Waals surface area contributed by atoms with Gasteiger partial charge < -0.3 is 4.98 Å². The lowest BCUT2D eigenvalue weighted by Crippen LogP contribution is -2.36. The molecule has 0 saturated heterocycles. The molecule has 0 aliphatic rings. The fraction of sp³-hybridized carbons (Fsp3) is 0.214. The van der Waals surface area contributed by atoms with Crippen molar-refractivity contribution in [2.24, 2.45) is 14.1 Å². The molecule has 0 unspecified atom stereocenters.